The lowest BCUT2D eigenvalue weighted by atomic mass is 10.1. The van der Waals surface area contributed by atoms with Crippen molar-refractivity contribution in [1.29, 1.82) is 0 Å². The Morgan fingerprint density at radius 2 is 1.74 bits per heavy atom. The molecule has 0 aliphatic carbocycles. The molecule has 138 valence electrons. The molecule has 4 nitrogen and oxygen atoms in total. The van der Waals surface area contributed by atoms with Gasteiger partial charge in [-0.3, -0.25) is 0 Å². The SMILES string of the molecule is Cc1ccc(CNC(=O)N2CCc3nc(-c4ccc(C)cc4)sc3C2)cc1. The largest absolute Gasteiger partial charge is 0.334 e. The zero-order valence-corrected chi connectivity index (χ0v) is 16.5. The van der Waals surface area contributed by atoms with E-state index in [0.29, 0.717) is 19.6 Å². The monoisotopic (exact) mass is 377 g/mol. The first-order valence-electron chi connectivity index (χ1n) is 9.22. The number of fused-ring (bicyclic) bond motifs is 1. The Kier molecular flexibility index (Phi) is 4.94. The van der Waals surface area contributed by atoms with Gasteiger partial charge in [0.2, 0.25) is 0 Å². The van der Waals surface area contributed by atoms with Crippen LogP contribution in [0.3, 0.4) is 0 Å². The van der Waals surface area contributed by atoms with Gasteiger partial charge < -0.3 is 10.2 Å². The maximum absolute atomic E-state index is 12.6. The fourth-order valence-corrected chi connectivity index (χ4v) is 4.31. The van der Waals surface area contributed by atoms with E-state index in [-0.39, 0.29) is 6.03 Å². The quantitative estimate of drug-likeness (QED) is 0.719. The highest BCUT2D eigenvalue weighted by molar-refractivity contribution is 7.15. The molecule has 0 fully saturated rings. The van der Waals surface area contributed by atoms with E-state index in [2.05, 4.69) is 67.7 Å². The van der Waals surface area contributed by atoms with Crippen molar-refractivity contribution in [1.82, 2.24) is 15.2 Å². The zero-order valence-electron chi connectivity index (χ0n) is 15.7. The highest BCUT2D eigenvalue weighted by Crippen LogP contribution is 2.31. The molecule has 1 N–H and O–H groups in total. The minimum Gasteiger partial charge on any atom is -0.334 e. The Balaban J connectivity index is 1.41. The van der Waals surface area contributed by atoms with Gasteiger partial charge >= 0.3 is 6.03 Å². The summed E-state index contributed by atoms with van der Waals surface area (Å²) in [6, 6.07) is 16.7. The Labute approximate surface area is 163 Å². The molecule has 0 atom stereocenters. The molecule has 0 radical (unpaired) electrons. The smallest absolute Gasteiger partial charge is 0.318 e. The van der Waals surface area contributed by atoms with E-state index < -0.39 is 0 Å². The van der Waals surface area contributed by atoms with Crippen LogP contribution in [0.4, 0.5) is 4.79 Å². The molecule has 2 heterocycles. The molecular weight excluding hydrogens is 354 g/mol. The maximum atomic E-state index is 12.6. The van der Waals surface area contributed by atoms with Crippen molar-refractivity contribution in [2.75, 3.05) is 6.54 Å². The summed E-state index contributed by atoms with van der Waals surface area (Å²) >= 11 is 1.70. The van der Waals surface area contributed by atoms with Gasteiger partial charge in [0.15, 0.2) is 0 Å². The number of nitrogens with zero attached hydrogens (tertiary/aromatic N) is 2. The molecule has 0 unspecified atom stereocenters. The van der Waals surface area contributed by atoms with Gasteiger partial charge in [-0.15, -0.1) is 11.3 Å². The van der Waals surface area contributed by atoms with Crippen LogP contribution in [0, 0.1) is 13.8 Å². The number of benzene rings is 2. The maximum Gasteiger partial charge on any atom is 0.318 e. The van der Waals surface area contributed by atoms with Crippen LogP contribution >= 0.6 is 11.3 Å². The second-order valence-corrected chi connectivity index (χ2v) is 8.15. The third kappa shape index (κ3) is 4.03. The van der Waals surface area contributed by atoms with Crippen molar-refractivity contribution >= 4 is 17.4 Å². The molecule has 0 saturated heterocycles. The second kappa shape index (κ2) is 7.53. The summed E-state index contributed by atoms with van der Waals surface area (Å²) < 4.78 is 0. The minimum atomic E-state index is -0.00786. The molecule has 1 aliphatic heterocycles. The highest BCUT2D eigenvalue weighted by atomic mass is 32.1. The molecule has 1 aliphatic rings. The number of rotatable bonds is 3. The number of hydrogen-bond acceptors (Lipinski definition) is 3. The molecule has 0 saturated carbocycles. The topological polar surface area (TPSA) is 45.2 Å². The lowest BCUT2D eigenvalue weighted by molar-refractivity contribution is 0.192. The molecule has 3 aromatic rings. The molecule has 27 heavy (non-hydrogen) atoms. The van der Waals surface area contributed by atoms with Crippen molar-refractivity contribution in [3.8, 4) is 10.6 Å². The first-order valence-corrected chi connectivity index (χ1v) is 10.0. The van der Waals surface area contributed by atoms with E-state index >= 15 is 0 Å². The van der Waals surface area contributed by atoms with Crippen LogP contribution in [0.15, 0.2) is 48.5 Å². The summed E-state index contributed by atoms with van der Waals surface area (Å²) in [6.45, 7) is 6.06. The van der Waals surface area contributed by atoms with Crippen molar-refractivity contribution in [2.24, 2.45) is 0 Å². The van der Waals surface area contributed by atoms with Crippen LogP contribution in [-0.4, -0.2) is 22.5 Å². The molecule has 4 rings (SSSR count). The van der Waals surface area contributed by atoms with Gasteiger partial charge in [0.05, 0.1) is 12.2 Å². The summed E-state index contributed by atoms with van der Waals surface area (Å²) in [4.78, 5) is 20.4. The van der Waals surface area contributed by atoms with Gasteiger partial charge in [-0.25, -0.2) is 9.78 Å². The number of aromatic nitrogens is 1. The van der Waals surface area contributed by atoms with E-state index in [4.69, 9.17) is 4.98 Å². The van der Waals surface area contributed by atoms with Crippen LogP contribution in [0.1, 0.15) is 27.3 Å². The predicted octanol–water partition coefficient (Wildman–Crippen LogP) is 4.69. The van der Waals surface area contributed by atoms with Gasteiger partial charge in [0, 0.05) is 30.0 Å². The van der Waals surface area contributed by atoms with Crippen LogP contribution in [0.25, 0.3) is 10.6 Å². The van der Waals surface area contributed by atoms with Crippen molar-refractivity contribution in [2.45, 2.75) is 33.4 Å². The number of carbonyl (C=O) groups is 1. The van der Waals surface area contributed by atoms with Gasteiger partial charge in [-0.05, 0) is 19.4 Å². The summed E-state index contributed by atoms with van der Waals surface area (Å²) in [6.07, 6.45) is 0.815. The number of urea groups is 1. The number of hydrogen-bond donors (Lipinski definition) is 1. The summed E-state index contributed by atoms with van der Waals surface area (Å²) in [5, 5.41) is 4.08. The lowest BCUT2D eigenvalue weighted by Gasteiger charge is -2.26. The average Bonchev–Trinajstić information content (AvgIpc) is 3.11. The number of aryl methyl sites for hydroxylation is 2. The molecule has 1 aromatic heterocycles. The summed E-state index contributed by atoms with van der Waals surface area (Å²) in [7, 11) is 0. The summed E-state index contributed by atoms with van der Waals surface area (Å²) in [5.41, 5.74) is 5.87. The Bertz CT molecular complexity index is 945. The third-order valence-corrected chi connectivity index (χ3v) is 6.01. The molecule has 0 spiro atoms. The van der Waals surface area contributed by atoms with E-state index in [1.54, 1.807) is 11.3 Å². The third-order valence-electron chi connectivity index (χ3n) is 4.88. The standard InChI is InChI=1S/C22H23N3OS/c1-15-3-7-17(8-4-15)13-23-22(26)25-12-11-19-20(14-25)27-21(24-19)18-9-5-16(2)6-10-18/h3-10H,11-14H2,1-2H3,(H,23,26). The summed E-state index contributed by atoms with van der Waals surface area (Å²) in [5.74, 6) is 0. The zero-order chi connectivity index (χ0) is 18.8. The van der Waals surface area contributed by atoms with Gasteiger partial charge in [0.25, 0.3) is 0 Å². The lowest BCUT2D eigenvalue weighted by Crippen LogP contribution is -2.42. The van der Waals surface area contributed by atoms with E-state index in [1.807, 2.05) is 4.90 Å². The highest BCUT2D eigenvalue weighted by Gasteiger charge is 2.24. The van der Waals surface area contributed by atoms with E-state index in [1.165, 1.54) is 16.0 Å². The van der Waals surface area contributed by atoms with Gasteiger partial charge in [-0.2, -0.15) is 0 Å². The van der Waals surface area contributed by atoms with Crippen LogP contribution in [0.2, 0.25) is 0 Å². The van der Waals surface area contributed by atoms with Crippen molar-refractivity contribution in [3.63, 3.8) is 0 Å². The Morgan fingerprint density at radius 3 is 2.44 bits per heavy atom. The Morgan fingerprint density at radius 1 is 1.07 bits per heavy atom. The fourth-order valence-electron chi connectivity index (χ4n) is 3.18. The molecule has 2 amide bonds. The van der Waals surface area contributed by atoms with Gasteiger partial charge in [-0.1, -0.05) is 59.7 Å². The van der Waals surface area contributed by atoms with E-state index in [9.17, 15) is 4.79 Å². The second-order valence-electron chi connectivity index (χ2n) is 7.07. The van der Waals surface area contributed by atoms with Crippen molar-refractivity contribution in [3.05, 3.63) is 75.8 Å². The van der Waals surface area contributed by atoms with Crippen molar-refractivity contribution < 1.29 is 4.79 Å². The van der Waals surface area contributed by atoms with Crippen LogP contribution in [0.5, 0.6) is 0 Å². The number of carbonyl (C=O) groups excluding carboxylic acids is 1. The van der Waals surface area contributed by atoms with E-state index in [0.717, 1.165) is 28.2 Å². The molecule has 2 aromatic carbocycles. The van der Waals surface area contributed by atoms with Crippen LogP contribution in [-0.2, 0) is 19.5 Å². The van der Waals surface area contributed by atoms with Crippen LogP contribution < -0.4 is 5.32 Å². The number of amides is 2. The molecule has 5 heteroatoms. The average molecular weight is 378 g/mol. The minimum absolute atomic E-state index is 0.00786. The normalized spacial score (nSPS) is 13.3. The van der Waals surface area contributed by atoms with Gasteiger partial charge in [0.1, 0.15) is 5.01 Å². The fraction of sp³-hybridized carbons (Fsp3) is 0.273. The molecular formula is C22H23N3OS. The first-order chi connectivity index (χ1) is 13.1. The number of thiazole rings is 1. The first kappa shape index (κ1) is 17.7. The predicted molar refractivity (Wildman–Crippen MR) is 110 cm³/mol. The number of nitrogens with one attached hydrogen (secondary N) is 1. The molecule has 0 bridgehead atoms. The Hall–Kier alpha value is -2.66.